The zero-order chi connectivity index (χ0) is 15.0. The van der Waals surface area contributed by atoms with E-state index in [1.54, 1.807) is 30.3 Å². The molecule has 1 aromatic rings. The first-order valence-corrected chi connectivity index (χ1v) is 5.68. The van der Waals surface area contributed by atoms with Crippen molar-refractivity contribution >= 4 is 23.4 Å². The van der Waals surface area contributed by atoms with E-state index in [1.807, 2.05) is 0 Å². The second kappa shape index (κ2) is 7.67. The Balaban J connectivity index is 2.35. The van der Waals surface area contributed by atoms with E-state index in [0.717, 1.165) is 6.92 Å². The number of ether oxygens (including phenoxy) is 1. The van der Waals surface area contributed by atoms with Gasteiger partial charge in [-0.05, 0) is 12.1 Å². The lowest BCUT2D eigenvalue weighted by Crippen LogP contribution is -2.22. The van der Waals surface area contributed by atoms with Crippen LogP contribution in [-0.4, -0.2) is 41.8 Å². The van der Waals surface area contributed by atoms with Crippen molar-refractivity contribution in [2.75, 3.05) is 13.2 Å². The zero-order valence-electron chi connectivity index (χ0n) is 10.7. The number of aliphatic carboxylic acids is 1. The fraction of sp³-hybridized carbons (Fsp3) is 0.231. The van der Waals surface area contributed by atoms with Crippen molar-refractivity contribution in [1.29, 1.82) is 0 Å². The highest BCUT2D eigenvalue weighted by Gasteiger charge is 2.15. The molecule has 0 spiro atoms. The minimum Gasteiger partial charge on any atom is -0.476 e. The molecular formula is C13H13NO6. The van der Waals surface area contributed by atoms with Crippen LogP contribution in [0.2, 0.25) is 0 Å². The molecular weight excluding hydrogens is 266 g/mol. The van der Waals surface area contributed by atoms with Crippen LogP contribution >= 0.6 is 0 Å². The van der Waals surface area contributed by atoms with Gasteiger partial charge in [0.1, 0.15) is 6.61 Å². The van der Waals surface area contributed by atoms with E-state index in [2.05, 4.69) is 9.99 Å². The maximum absolute atomic E-state index is 11.5. The summed E-state index contributed by atoms with van der Waals surface area (Å²) in [5, 5.41) is 11.8. The normalized spacial score (nSPS) is 10.8. The van der Waals surface area contributed by atoms with E-state index in [4.69, 9.17) is 9.84 Å². The lowest BCUT2D eigenvalue weighted by atomic mass is 10.2. The third-order valence-corrected chi connectivity index (χ3v) is 2.11. The lowest BCUT2D eigenvalue weighted by Gasteiger charge is -2.04. The number of carbonyl (C=O) groups excluding carboxylic acids is 2. The molecule has 0 aliphatic rings. The average Bonchev–Trinajstić information content (AvgIpc) is 2.42. The second-order valence-corrected chi connectivity index (χ2v) is 3.64. The maximum atomic E-state index is 11.5. The Kier molecular flexibility index (Phi) is 5.89. The van der Waals surface area contributed by atoms with Crippen molar-refractivity contribution in [3.63, 3.8) is 0 Å². The van der Waals surface area contributed by atoms with Crippen LogP contribution in [0.3, 0.4) is 0 Å². The molecule has 0 unspecified atom stereocenters. The first-order chi connectivity index (χ1) is 9.52. The third-order valence-electron chi connectivity index (χ3n) is 2.11. The smallest absolute Gasteiger partial charge is 0.361 e. The Hall–Kier alpha value is -2.70. The molecule has 0 fully saturated rings. The molecule has 1 N–H and O–H groups in total. The standard InChI is InChI=1S/C13H13NO6/c1-9(15)11(12(16)17)14-20-8-7-19-13(18)10-5-3-2-4-6-10/h2-6H,7-8H2,1H3,(H,16,17)/b14-11-. The molecule has 0 radical (unpaired) electrons. The monoisotopic (exact) mass is 279 g/mol. The van der Waals surface area contributed by atoms with Crippen molar-refractivity contribution in [1.82, 2.24) is 0 Å². The molecule has 0 aliphatic heterocycles. The van der Waals surface area contributed by atoms with Crippen molar-refractivity contribution < 1.29 is 29.1 Å². The van der Waals surface area contributed by atoms with Crippen molar-refractivity contribution in [2.45, 2.75) is 6.92 Å². The Labute approximate surface area is 114 Å². The summed E-state index contributed by atoms with van der Waals surface area (Å²) in [5.41, 5.74) is -0.314. The minimum atomic E-state index is -1.47. The van der Waals surface area contributed by atoms with E-state index in [0.29, 0.717) is 5.56 Å². The molecule has 106 valence electrons. The van der Waals surface area contributed by atoms with Gasteiger partial charge in [0, 0.05) is 6.92 Å². The van der Waals surface area contributed by atoms with E-state index in [1.165, 1.54) is 0 Å². The first-order valence-electron chi connectivity index (χ1n) is 5.68. The Morgan fingerprint density at radius 1 is 1.15 bits per heavy atom. The number of Topliss-reactive ketones (excluding diaryl/α,β-unsaturated/α-hetero) is 1. The highest BCUT2D eigenvalue weighted by molar-refractivity contribution is 6.63. The SMILES string of the molecule is CC(=O)/C(=N/OCCOC(=O)c1ccccc1)C(=O)O. The number of hydrogen-bond donors (Lipinski definition) is 1. The fourth-order valence-corrected chi connectivity index (χ4v) is 1.19. The van der Waals surface area contributed by atoms with Gasteiger partial charge in [-0.25, -0.2) is 9.59 Å². The fourth-order valence-electron chi connectivity index (χ4n) is 1.19. The molecule has 1 aromatic carbocycles. The topological polar surface area (TPSA) is 102 Å². The van der Waals surface area contributed by atoms with Gasteiger partial charge in [-0.2, -0.15) is 0 Å². The van der Waals surface area contributed by atoms with Crippen molar-refractivity contribution in [3.8, 4) is 0 Å². The highest BCUT2D eigenvalue weighted by Crippen LogP contribution is 2.00. The van der Waals surface area contributed by atoms with Gasteiger partial charge in [0.15, 0.2) is 12.4 Å². The van der Waals surface area contributed by atoms with Crippen molar-refractivity contribution in [3.05, 3.63) is 35.9 Å². The van der Waals surface area contributed by atoms with Gasteiger partial charge in [0.05, 0.1) is 5.56 Å². The molecule has 0 amide bonds. The summed E-state index contributed by atoms with van der Waals surface area (Å²) in [6, 6.07) is 8.36. The second-order valence-electron chi connectivity index (χ2n) is 3.64. The predicted octanol–water partition coefficient (Wildman–Crippen LogP) is 0.890. The Morgan fingerprint density at radius 3 is 2.35 bits per heavy atom. The minimum absolute atomic E-state index is 0.109. The molecule has 7 heteroatoms. The highest BCUT2D eigenvalue weighted by atomic mass is 16.6. The van der Waals surface area contributed by atoms with Gasteiger partial charge < -0.3 is 14.7 Å². The maximum Gasteiger partial charge on any atom is 0.361 e. The van der Waals surface area contributed by atoms with Crippen LogP contribution in [-0.2, 0) is 19.2 Å². The summed E-state index contributed by atoms with van der Waals surface area (Å²) >= 11 is 0. The molecule has 20 heavy (non-hydrogen) atoms. The van der Waals surface area contributed by atoms with Crippen LogP contribution < -0.4 is 0 Å². The van der Waals surface area contributed by atoms with Crippen LogP contribution in [0.1, 0.15) is 17.3 Å². The number of hydrogen-bond acceptors (Lipinski definition) is 6. The van der Waals surface area contributed by atoms with E-state index in [-0.39, 0.29) is 13.2 Å². The number of benzene rings is 1. The predicted molar refractivity (Wildman–Crippen MR) is 68.4 cm³/mol. The van der Waals surface area contributed by atoms with Gasteiger partial charge in [0.2, 0.25) is 5.71 Å². The molecule has 0 aromatic heterocycles. The molecule has 0 heterocycles. The molecule has 0 atom stereocenters. The van der Waals surface area contributed by atoms with Crippen LogP contribution in [0.5, 0.6) is 0 Å². The summed E-state index contributed by atoms with van der Waals surface area (Å²) < 4.78 is 4.87. The van der Waals surface area contributed by atoms with Gasteiger partial charge in [-0.15, -0.1) is 0 Å². The number of esters is 1. The quantitative estimate of drug-likeness (QED) is 0.261. The van der Waals surface area contributed by atoms with E-state index < -0.39 is 23.4 Å². The average molecular weight is 279 g/mol. The van der Waals surface area contributed by atoms with Gasteiger partial charge in [-0.3, -0.25) is 4.79 Å². The third kappa shape index (κ3) is 4.89. The number of carboxylic acids is 1. The Morgan fingerprint density at radius 2 is 1.80 bits per heavy atom. The summed E-state index contributed by atoms with van der Waals surface area (Å²) in [5.74, 6) is -2.72. The first kappa shape index (κ1) is 15.4. The van der Waals surface area contributed by atoms with Gasteiger partial charge in [-0.1, -0.05) is 23.4 Å². The van der Waals surface area contributed by atoms with Gasteiger partial charge in [0.25, 0.3) is 0 Å². The molecule has 0 saturated carbocycles. The molecule has 7 nitrogen and oxygen atoms in total. The largest absolute Gasteiger partial charge is 0.476 e. The number of nitrogens with zero attached hydrogens (tertiary/aromatic N) is 1. The van der Waals surface area contributed by atoms with E-state index >= 15 is 0 Å². The van der Waals surface area contributed by atoms with Crippen LogP contribution in [0.15, 0.2) is 35.5 Å². The number of carboxylic acid groups (broad SMARTS) is 1. The number of rotatable bonds is 7. The molecule has 0 aliphatic carbocycles. The van der Waals surface area contributed by atoms with Crippen LogP contribution in [0.25, 0.3) is 0 Å². The van der Waals surface area contributed by atoms with E-state index in [9.17, 15) is 14.4 Å². The van der Waals surface area contributed by atoms with Crippen LogP contribution in [0, 0.1) is 0 Å². The number of oxime groups is 1. The Bertz CT molecular complexity index is 507. The molecule has 0 bridgehead atoms. The molecule has 1 rings (SSSR count). The summed E-state index contributed by atoms with van der Waals surface area (Å²) in [4.78, 5) is 37.6. The molecule has 0 saturated heterocycles. The number of ketones is 1. The van der Waals surface area contributed by atoms with Crippen LogP contribution in [0.4, 0.5) is 0 Å². The summed E-state index contributed by atoms with van der Waals surface area (Å²) in [7, 11) is 0. The number of carbonyl (C=O) groups is 3. The zero-order valence-corrected chi connectivity index (χ0v) is 10.7. The summed E-state index contributed by atoms with van der Waals surface area (Å²) in [6.07, 6.45) is 0. The van der Waals surface area contributed by atoms with Crippen molar-refractivity contribution in [2.24, 2.45) is 5.16 Å². The van der Waals surface area contributed by atoms with Gasteiger partial charge >= 0.3 is 11.9 Å². The lowest BCUT2D eigenvalue weighted by molar-refractivity contribution is -0.130. The summed E-state index contributed by atoms with van der Waals surface area (Å²) in [6.45, 7) is 0.802.